The molecule has 0 spiro atoms. The molecule has 4 nitrogen and oxygen atoms in total. The fourth-order valence-corrected chi connectivity index (χ4v) is 3.16. The Balaban J connectivity index is 0.000000220. The lowest BCUT2D eigenvalue weighted by molar-refractivity contribution is 0.202. The first-order valence-electron chi connectivity index (χ1n) is 9.63. The summed E-state index contributed by atoms with van der Waals surface area (Å²) in [6.07, 6.45) is 12.5. The molecule has 4 heterocycles. The van der Waals surface area contributed by atoms with Gasteiger partial charge in [-0.3, -0.25) is 0 Å². The number of hydrogen-bond acceptors (Lipinski definition) is 4. The van der Waals surface area contributed by atoms with Gasteiger partial charge in [-0.25, -0.2) is 0 Å². The van der Waals surface area contributed by atoms with E-state index in [2.05, 4.69) is 13.8 Å². The van der Waals surface area contributed by atoms with Crippen molar-refractivity contribution in [2.75, 3.05) is 26.4 Å². The van der Waals surface area contributed by atoms with Crippen molar-refractivity contribution in [3.8, 4) is 0 Å². The minimum absolute atomic E-state index is 0.476. The molecule has 134 valence electrons. The van der Waals surface area contributed by atoms with E-state index in [-0.39, 0.29) is 0 Å². The summed E-state index contributed by atoms with van der Waals surface area (Å²) in [6, 6.07) is 0. The maximum absolute atomic E-state index is 5.33. The lowest BCUT2D eigenvalue weighted by Gasteiger charge is -2.29. The molecule has 4 aliphatic heterocycles. The first-order valence-corrected chi connectivity index (χ1v) is 9.63. The van der Waals surface area contributed by atoms with Crippen LogP contribution in [0, 0.1) is 5.41 Å². The SMILES string of the molecule is CC(CCC1CO1)(CCC1CO1)CCC1CO1.CCCC1CO1. The van der Waals surface area contributed by atoms with Crippen molar-refractivity contribution in [1.29, 1.82) is 0 Å². The van der Waals surface area contributed by atoms with Crippen LogP contribution < -0.4 is 0 Å². The maximum Gasteiger partial charge on any atom is 0.0810 e. The normalized spacial score (nSPS) is 35.7. The highest BCUT2D eigenvalue weighted by Crippen LogP contribution is 2.39. The molecule has 0 saturated carbocycles. The Hall–Kier alpha value is -0.160. The van der Waals surface area contributed by atoms with Crippen LogP contribution >= 0.6 is 0 Å². The molecule has 23 heavy (non-hydrogen) atoms. The molecule has 0 radical (unpaired) electrons. The minimum Gasteiger partial charge on any atom is -0.373 e. The molecule has 0 N–H and O–H groups in total. The predicted molar refractivity (Wildman–Crippen MR) is 89.7 cm³/mol. The zero-order valence-electron chi connectivity index (χ0n) is 14.9. The van der Waals surface area contributed by atoms with Crippen LogP contribution in [0.4, 0.5) is 0 Å². The van der Waals surface area contributed by atoms with Crippen molar-refractivity contribution in [2.24, 2.45) is 5.41 Å². The molecule has 4 rings (SSSR count). The maximum atomic E-state index is 5.33. The van der Waals surface area contributed by atoms with Crippen LogP contribution in [0.1, 0.15) is 65.2 Å². The first kappa shape index (κ1) is 17.7. The Bertz CT molecular complexity index is 302. The molecule has 4 aliphatic rings. The molecule has 0 aromatic heterocycles. The highest BCUT2D eigenvalue weighted by molar-refractivity contribution is 4.84. The van der Waals surface area contributed by atoms with E-state index in [4.69, 9.17) is 18.9 Å². The minimum atomic E-state index is 0.476. The van der Waals surface area contributed by atoms with Crippen LogP contribution in [0.15, 0.2) is 0 Å². The second-order valence-electron chi connectivity index (χ2n) is 8.04. The molecule has 0 aromatic rings. The third kappa shape index (κ3) is 7.97. The first-order chi connectivity index (χ1) is 11.2. The fourth-order valence-electron chi connectivity index (χ4n) is 3.16. The van der Waals surface area contributed by atoms with Gasteiger partial charge >= 0.3 is 0 Å². The second-order valence-corrected chi connectivity index (χ2v) is 8.04. The van der Waals surface area contributed by atoms with Gasteiger partial charge in [0, 0.05) is 0 Å². The van der Waals surface area contributed by atoms with Crippen molar-refractivity contribution in [3.63, 3.8) is 0 Å². The van der Waals surface area contributed by atoms with Gasteiger partial charge < -0.3 is 18.9 Å². The Kier molecular flexibility index (Phi) is 6.36. The summed E-state index contributed by atoms with van der Waals surface area (Å²) < 4.78 is 20.9. The summed E-state index contributed by atoms with van der Waals surface area (Å²) in [5.41, 5.74) is 0.476. The molecule has 4 fully saturated rings. The molecule has 0 aromatic carbocycles. The molecule has 4 saturated heterocycles. The summed E-state index contributed by atoms with van der Waals surface area (Å²) in [5, 5.41) is 0. The van der Waals surface area contributed by atoms with Crippen molar-refractivity contribution in [3.05, 3.63) is 0 Å². The van der Waals surface area contributed by atoms with Crippen LogP contribution in [-0.4, -0.2) is 50.8 Å². The van der Waals surface area contributed by atoms with E-state index in [0.29, 0.717) is 29.8 Å². The van der Waals surface area contributed by atoms with Crippen LogP contribution in [-0.2, 0) is 18.9 Å². The van der Waals surface area contributed by atoms with Crippen LogP contribution in [0.5, 0.6) is 0 Å². The van der Waals surface area contributed by atoms with Gasteiger partial charge in [0.15, 0.2) is 0 Å². The summed E-state index contributed by atoms with van der Waals surface area (Å²) in [4.78, 5) is 0. The molecule has 0 bridgehead atoms. The highest BCUT2D eigenvalue weighted by atomic mass is 16.6. The topological polar surface area (TPSA) is 50.1 Å². The van der Waals surface area contributed by atoms with E-state index in [1.54, 1.807) is 0 Å². The van der Waals surface area contributed by atoms with Crippen LogP contribution in [0.2, 0.25) is 0 Å². The predicted octanol–water partition coefficient (Wildman–Crippen LogP) is 3.72. The Morgan fingerprint density at radius 2 is 0.957 bits per heavy atom. The van der Waals surface area contributed by atoms with E-state index in [0.717, 1.165) is 26.4 Å². The number of hydrogen-bond donors (Lipinski definition) is 0. The zero-order valence-corrected chi connectivity index (χ0v) is 14.9. The van der Waals surface area contributed by atoms with E-state index in [1.807, 2.05) is 0 Å². The van der Waals surface area contributed by atoms with Crippen molar-refractivity contribution < 1.29 is 18.9 Å². The highest BCUT2D eigenvalue weighted by Gasteiger charge is 2.34. The average molecular weight is 326 g/mol. The van der Waals surface area contributed by atoms with Crippen molar-refractivity contribution >= 4 is 0 Å². The second kappa shape index (κ2) is 8.28. The van der Waals surface area contributed by atoms with Gasteiger partial charge in [0.1, 0.15) is 0 Å². The molecule has 4 unspecified atom stereocenters. The number of epoxide rings is 4. The third-order valence-corrected chi connectivity index (χ3v) is 5.43. The van der Waals surface area contributed by atoms with E-state index in [1.165, 1.54) is 51.4 Å². The van der Waals surface area contributed by atoms with Gasteiger partial charge in [-0.15, -0.1) is 0 Å². The van der Waals surface area contributed by atoms with Gasteiger partial charge in [-0.1, -0.05) is 20.3 Å². The number of rotatable bonds is 11. The summed E-state index contributed by atoms with van der Waals surface area (Å²) in [5.74, 6) is 0. The van der Waals surface area contributed by atoms with E-state index in [9.17, 15) is 0 Å². The summed E-state index contributed by atoms with van der Waals surface area (Å²) in [6.45, 7) is 8.63. The van der Waals surface area contributed by atoms with Crippen molar-refractivity contribution in [1.82, 2.24) is 0 Å². The van der Waals surface area contributed by atoms with Crippen LogP contribution in [0.25, 0.3) is 0 Å². The molecule has 0 aliphatic carbocycles. The number of ether oxygens (including phenoxy) is 4. The van der Waals surface area contributed by atoms with Gasteiger partial charge in [0.05, 0.1) is 50.8 Å². The Labute approximate surface area is 141 Å². The van der Waals surface area contributed by atoms with Gasteiger partial charge in [0.2, 0.25) is 0 Å². The molecular weight excluding hydrogens is 292 g/mol. The average Bonchev–Trinajstić information content (AvgIpc) is 3.38. The smallest absolute Gasteiger partial charge is 0.0810 e. The lowest BCUT2D eigenvalue weighted by Crippen LogP contribution is -2.19. The quantitative estimate of drug-likeness (QED) is 0.543. The van der Waals surface area contributed by atoms with Gasteiger partial charge in [-0.2, -0.15) is 0 Å². The van der Waals surface area contributed by atoms with Crippen molar-refractivity contribution in [2.45, 2.75) is 89.6 Å². The van der Waals surface area contributed by atoms with Crippen LogP contribution in [0.3, 0.4) is 0 Å². The molecule has 0 amide bonds. The largest absolute Gasteiger partial charge is 0.373 e. The van der Waals surface area contributed by atoms with E-state index < -0.39 is 0 Å². The molecular formula is C19H34O4. The third-order valence-electron chi connectivity index (χ3n) is 5.43. The van der Waals surface area contributed by atoms with E-state index >= 15 is 0 Å². The summed E-state index contributed by atoms with van der Waals surface area (Å²) >= 11 is 0. The standard InChI is InChI=1S/C14H24O3.C5H10O/c1-14(5-2-11-8-15-11,6-3-12-9-16-12)7-4-13-10-17-13;1-2-3-5-4-6-5/h11-13H,2-10H2,1H3;5H,2-4H2,1H3. The Morgan fingerprint density at radius 3 is 1.17 bits per heavy atom. The fraction of sp³-hybridized carbons (Fsp3) is 1.00. The van der Waals surface area contributed by atoms with Gasteiger partial charge in [0.25, 0.3) is 0 Å². The molecule has 4 atom stereocenters. The molecule has 4 heteroatoms. The van der Waals surface area contributed by atoms with Gasteiger partial charge in [-0.05, 0) is 50.4 Å². The lowest BCUT2D eigenvalue weighted by atomic mass is 9.76. The monoisotopic (exact) mass is 326 g/mol. The zero-order chi connectivity index (χ0) is 16.1. The summed E-state index contributed by atoms with van der Waals surface area (Å²) in [7, 11) is 0. The Morgan fingerprint density at radius 1 is 0.652 bits per heavy atom.